The number of hydrogen-bond acceptors (Lipinski definition) is 5. The summed E-state index contributed by atoms with van der Waals surface area (Å²) in [4.78, 5) is 15.5. The van der Waals surface area contributed by atoms with Crippen LogP contribution in [0.4, 0.5) is 0 Å². The minimum atomic E-state index is -0.0956. The highest BCUT2D eigenvalue weighted by atomic mass is 16.5. The number of ether oxygens (including phenoxy) is 2. The number of hydrogen-bond donors (Lipinski definition) is 0. The van der Waals surface area contributed by atoms with Gasteiger partial charge in [-0.2, -0.15) is 5.10 Å². The molecule has 0 atom stereocenters. The van der Waals surface area contributed by atoms with Gasteiger partial charge in [0.15, 0.2) is 5.82 Å². The Morgan fingerprint density at radius 2 is 2.17 bits per heavy atom. The van der Waals surface area contributed by atoms with Gasteiger partial charge in [0.05, 0.1) is 19.1 Å². The van der Waals surface area contributed by atoms with Gasteiger partial charge in [0.25, 0.3) is 0 Å². The van der Waals surface area contributed by atoms with Crippen LogP contribution in [0.1, 0.15) is 31.5 Å². The van der Waals surface area contributed by atoms with Gasteiger partial charge in [-0.15, -0.1) is 0 Å². The summed E-state index contributed by atoms with van der Waals surface area (Å²) in [5.74, 6) is 0.775. The van der Waals surface area contributed by atoms with Crippen molar-refractivity contribution in [3.8, 4) is 0 Å². The Morgan fingerprint density at radius 3 is 2.72 bits per heavy atom. The van der Waals surface area contributed by atoms with Crippen molar-refractivity contribution in [1.82, 2.24) is 14.8 Å². The van der Waals surface area contributed by atoms with E-state index in [1.165, 1.54) is 13.4 Å². The zero-order chi connectivity index (χ0) is 13.0. The predicted molar refractivity (Wildman–Crippen MR) is 63.6 cm³/mol. The van der Waals surface area contributed by atoms with Gasteiger partial charge in [-0.3, -0.25) is 9.48 Å². The Labute approximate surface area is 106 Å². The molecule has 0 aliphatic heterocycles. The molecule has 2 rings (SSSR count). The molecule has 100 valence electrons. The summed E-state index contributed by atoms with van der Waals surface area (Å²) >= 11 is 0. The molecule has 0 saturated heterocycles. The van der Waals surface area contributed by atoms with Crippen molar-refractivity contribution >= 4 is 5.97 Å². The topological polar surface area (TPSA) is 66.2 Å². The molecular weight excluding hydrogens is 234 g/mol. The summed E-state index contributed by atoms with van der Waals surface area (Å²) in [5.41, 5.74) is 0. The Balaban J connectivity index is 1.74. The van der Waals surface area contributed by atoms with Gasteiger partial charge in [-0.05, 0) is 25.7 Å². The van der Waals surface area contributed by atoms with Crippen LogP contribution in [0.3, 0.4) is 0 Å². The largest absolute Gasteiger partial charge is 0.469 e. The lowest BCUT2D eigenvalue weighted by Gasteiger charge is -2.26. The summed E-state index contributed by atoms with van der Waals surface area (Å²) in [7, 11) is 3.29. The van der Waals surface area contributed by atoms with E-state index in [4.69, 9.17) is 9.47 Å². The highest BCUT2D eigenvalue weighted by molar-refractivity contribution is 5.72. The van der Waals surface area contributed by atoms with Gasteiger partial charge in [0.2, 0.25) is 0 Å². The van der Waals surface area contributed by atoms with Crippen molar-refractivity contribution in [1.29, 1.82) is 0 Å². The van der Waals surface area contributed by atoms with Crippen molar-refractivity contribution in [2.45, 2.75) is 38.4 Å². The van der Waals surface area contributed by atoms with E-state index in [-0.39, 0.29) is 18.0 Å². The highest BCUT2D eigenvalue weighted by Gasteiger charge is 2.27. The fourth-order valence-electron chi connectivity index (χ4n) is 2.28. The Hall–Kier alpha value is -1.43. The monoisotopic (exact) mass is 253 g/mol. The first-order chi connectivity index (χ1) is 8.70. The second-order valence-corrected chi connectivity index (χ2v) is 4.61. The maximum absolute atomic E-state index is 11.4. The van der Waals surface area contributed by atoms with Gasteiger partial charge in [0, 0.05) is 7.05 Å². The summed E-state index contributed by atoms with van der Waals surface area (Å²) in [6.45, 7) is 0.476. The van der Waals surface area contributed by atoms with Gasteiger partial charge in [0.1, 0.15) is 12.9 Å². The second kappa shape index (κ2) is 5.95. The highest BCUT2D eigenvalue weighted by Crippen LogP contribution is 2.27. The molecule has 0 amide bonds. The lowest BCUT2D eigenvalue weighted by atomic mass is 9.87. The number of aryl methyl sites for hydroxylation is 1. The van der Waals surface area contributed by atoms with E-state index >= 15 is 0 Å². The fraction of sp³-hybridized carbons (Fsp3) is 0.750. The molecule has 0 unspecified atom stereocenters. The number of rotatable bonds is 4. The average Bonchev–Trinajstić information content (AvgIpc) is 2.81. The minimum Gasteiger partial charge on any atom is -0.469 e. The second-order valence-electron chi connectivity index (χ2n) is 4.61. The molecule has 1 heterocycles. The van der Waals surface area contributed by atoms with Crippen molar-refractivity contribution in [2.24, 2.45) is 13.0 Å². The van der Waals surface area contributed by atoms with Crippen LogP contribution in [-0.2, 0) is 27.9 Å². The fourth-order valence-corrected chi connectivity index (χ4v) is 2.28. The van der Waals surface area contributed by atoms with Crippen molar-refractivity contribution in [3.05, 3.63) is 12.2 Å². The molecule has 1 aromatic rings. The van der Waals surface area contributed by atoms with Crippen LogP contribution in [0.5, 0.6) is 0 Å². The molecule has 18 heavy (non-hydrogen) atoms. The van der Waals surface area contributed by atoms with E-state index < -0.39 is 0 Å². The maximum atomic E-state index is 11.4. The molecule has 0 bridgehead atoms. The molecule has 6 heteroatoms. The molecule has 1 fully saturated rings. The molecule has 1 aliphatic rings. The summed E-state index contributed by atoms with van der Waals surface area (Å²) in [6.07, 6.45) is 5.22. The molecule has 1 aliphatic carbocycles. The van der Waals surface area contributed by atoms with Crippen LogP contribution < -0.4 is 0 Å². The first-order valence-electron chi connectivity index (χ1n) is 6.23. The van der Waals surface area contributed by atoms with Crippen LogP contribution in [-0.4, -0.2) is 33.9 Å². The number of aromatic nitrogens is 3. The third-order valence-corrected chi connectivity index (χ3v) is 3.46. The molecule has 0 N–H and O–H groups in total. The molecule has 0 aromatic carbocycles. The molecule has 0 radical (unpaired) electrons. The number of nitrogens with zero attached hydrogens (tertiary/aromatic N) is 3. The first kappa shape index (κ1) is 13.0. The van der Waals surface area contributed by atoms with E-state index in [1.807, 2.05) is 7.05 Å². The van der Waals surface area contributed by atoms with Gasteiger partial charge in [-0.1, -0.05) is 0 Å². The Morgan fingerprint density at radius 1 is 1.44 bits per heavy atom. The summed E-state index contributed by atoms with van der Waals surface area (Å²) in [6, 6.07) is 0. The zero-order valence-electron chi connectivity index (χ0n) is 10.8. The third-order valence-electron chi connectivity index (χ3n) is 3.46. The Bertz CT molecular complexity index is 397. The smallest absolute Gasteiger partial charge is 0.308 e. The Kier molecular flexibility index (Phi) is 4.30. The SMILES string of the molecule is COC(=O)C1CCC(OCc2ncnn2C)CC1. The predicted octanol–water partition coefficient (Wildman–Crippen LogP) is 1.06. The summed E-state index contributed by atoms with van der Waals surface area (Å²) in [5, 5.41) is 3.99. The first-order valence-corrected chi connectivity index (χ1v) is 6.23. The van der Waals surface area contributed by atoms with E-state index in [9.17, 15) is 4.79 Å². The van der Waals surface area contributed by atoms with Crippen LogP contribution in [0.15, 0.2) is 6.33 Å². The van der Waals surface area contributed by atoms with Gasteiger partial charge in [-0.25, -0.2) is 4.98 Å². The number of carbonyl (C=O) groups is 1. The van der Waals surface area contributed by atoms with Crippen LogP contribution in [0, 0.1) is 5.92 Å². The average molecular weight is 253 g/mol. The van der Waals surface area contributed by atoms with Crippen LogP contribution in [0.2, 0.25) is 0 Å². The van der Waals surface area contributed by atoms with Crippen molar-refractivity contribution < 1.29 is 14.3 Å². The molecule has 1 saturated carbocycles. The molecular formula is C12H19N3O3. The number of carbonyl (C=O) groups excluding carboxylic acids is 1. The number of methoxy groups -OCH3 is 1. The third kappa shape index (κ3) is 3.07. The van der Waals surface area contributed by atoms with Gasteiger partial charge >= 0.3 is 5.97 Å². The zero-order valence-corrected chi connectivity index (χ0v) is 10.8. The minimum absolute atomic E-state index is 0.0460. The van der Waals surface area contributed by atoms with E-state index in [0.29, 0.717) is 6.61 Å². The molecule has 6 nitrogen and oxygen atoms in total. The number of esters is 1. The van der Waals surface area contributed by atoms with Crippen molar-refractivity contribution in [2.75, 3.05) is 7.11 Å². The van der Waals surface area contributed by atoms with Crippen LogP contribution in [0.25, 0.3) is 0 Å². The molecule has 1 aromatic heterocycles. The van der Waals surface area contributed by atoms with Crippen molar-refractivity contribution in [3.63, 3.8) is 0 Å². The summed E-state index contributed by atoms with van der Waals surface area (Å²) < 4.78 is 12.3. The standard InChI is InChI=1S/C12H19N3O3/c1-15-11(13-8-14-15)7-18-10-5-3-9(4-6-10)12(16)17-2/h8-10H,3-7H2,1-2H3. The van der Waals surface area contributed by atoms with Gasteiger partial charge < -0.3 is 9.47 Å². The van der Waals surface area contributed by atoms with E-state index in [0.717, 1.165) is 31.5 Å². The van der Waals surface area contributed by atoms with Crippen LogP contribution >= 0.6 is 0 Å². The van der Waals surface area contributed by atoms with E-state index in [1.54, 1.807) is 4.68 Å². The lowest BCUT2D eigenvalue weighted by Crippen LogP contribution is -2.27. The maximum Gasteiger partial charge on any atom is 0.308 e. The normalized spacial score (nSPS) is 23.9. The quantitative estimate of drug-likeness (QED) is 0.751. The molecule has 0 spiro atoms. The van der Waals surface area contributed by atoms with E-state index in [2.05, 4.69) is 10.1 Å². The lowest BCUT2D eigenvalue weighted by molar-refractivity contribution is -0.147.